The van der Waals surface area contributed by atoms with Crippen molar-refractivity contribution in [2.75, 3.05) is 25.1 Å². The van der Waals surface area contributed by atoms with E-state index >= 15 is 0 Å². The molecule has 1 unspecified atom stereocenters. The molecule has 174 valence electrons. The molecule has 1 saturated heterocycles. The van der Waals surface area contributed by atoms with E-state index < -0.39 is 0 Å². The number of hydrogen-bond acceptors (Lipinski definition) is 4. The number of amides is 1. The fourth-order valence-corrected chi connectivity index (χ4v) is 3.39. The number of ether oxygens (including phenoxy) is 2. The quantitative estimate of drug-likeness (QED) is 0.248. The first-order chi connectivity index (χ1) is 15.2. The smallest absolute Gasteiger partial charge is 0.253 e. The summed E-state index contributed by atoms with van der Waals surface area (Å²) < 4.78 is 11.1. The lowest BCUT2D eigenvalue weighted by molar-refractivity contribution is -0.124. The minimum Gasteiger partial charge on any atom is -0.494 e. The number of nitrogens with one attached hydrogen (secondary N) is 3. The number of para-hydroxylation sites is 1. The lowest BCUT2D eigenvalue weighted by atomic mass is 10.2. The molecule has 1 amide bonds. The molecule has 1 aliphatic rings. The number of rotatable bonds is 9. The number of aliphatic imine (C=N–C) groups is 1. The van der Waals surface area contributed by atoms with Crippen LogP contribution in [0.15, 0.2) is 53.5 Å². The van der Waals surface area contributed by atoms with Gasteiger partial charge in [-0.05, 0) is 50.5 Å². The highest BCUT2D eigenvalue weighted by atomic mass is 127. The number of halogens is 1. The van der Waals surface area contributed by atoms with Gasteiger partial charge in [0.25, 0.3) is 5.91 Å². The molecule has 2 aromatic carbocycles. The monoisotopic (exact) mass is 552 g/mol. The predicted molar refractivity (Wildman–Crippen MR) is 139 cm³/mol. The van der Waals surface area contributed by atoms with Crippen LogP contribution in [0.4, 0.5) is 5.69 Å². The maximum Gasteiger partial charge on any atom is 0.253 e. The summed E-state index contributed by atoms with van der Waals surface area (Å²) in [5.41, 5.74) is 2.85. The van der Waals surface area contributed by atoms with Crippen LogP contribution in [-0.4, -0.2) is 37.7 Å². The highest BCUT2D eigenvalue weighted by Gasteiger charge is 2.23. The van der Waals surface area contributed by atoms with Gasteiger partial charge in [-0.25, -0.2) is 4.99 Å². The Kier molecular flexibility index (Phi) is 11.3. The van der Waals surface area contributed by atoms with Crippen molar-refractivity contribution < 1.29 is 14.3 Å². The van der Waals surface area contributed by atoms with Crippen molar-refractivity contribution in [1.29, 1.82) is 0 Å². The maximum absolute atomic E-state index is 12.3. The molecule has 3 N–H and O–H groups in total. The van der Waals surface area contributed by atoms with Gasteiger partial charge < -0.3 is 25.4 Å². The largest absolute Gasteiger partial charge is 0.494 e. The first kappa shape index (κ1) is 25.9. The SMILES string of the molecule is CCNC(=NCc1cccc(NC(=O)C2CCCO2)c1)NCc1ccccc1OCC.I. The average Bonchev–Trinajstić information content (AvgIpc) is 3.32. The number of hydrogen-bond donors (Lipinski definition) is 3. The van der Waals surface area contributed by atoms with Gasteiger partial charge in [0, 0.05) is 30.9 Å². The fourth-order valence-electron chi connectivity index (χ4n) is 3.39. The van der Waals surface area contributed by atoms with Gasteiger partial charge in [-0.1, -0.05) is 30.3 Å². The number of carbonyl (C=O) groups excluding carboxylic acids is 1. The van der Waals surface area contributed by atoms with Crippen LogP contribution in [0, 0.1) is 0 Å². The fraction of sp³-hybridized carbons (Fsp3) is 0.417. The molecule has 0 saturated carbocycles. The van der Waals surface area contributed by atoms with Gasteiger partial charge >= 0.3 is 0 Å². The zero-order valence-corrected chi connectivity index (χ0v) is 21.1. The third-order valence-electron chi connectivity index (χ3n) is 4.90. The average molecular weight is 552 g/mol. The maximum atomic E-state index is 12.3. The summed E-state index contributed by atoms with van der Waals surface area (Å²) in [5, 5.41) is 9.58. The number of benzene rings is 2. The van der Waals surface area contributed by atoms with Crippen LogP contribution in [0.5, 0.6) is 5.75 Å². The van der Waals surface area contributed by atoms with Gasteiger partial charge in [-0.2, -0.15) is 0 Å². The lowest BCUT2D eigenvalue weighted by Gasteiger charge is -2.14. The minimum absolute atomic E-state index is 0. The molecule has 0 bridgehead atoms. The molecule has 0 radical (unpaired) electrons. The van der Waals surface area contributed by atoms with Crippen LogP contribution in [-0.2, 0) is 22.6 Å². The van der Waals surface area contributed by atoms with Crippen molar-refractivity contribution >= 4 is 41.5 Å². The second-order valence-electron chi connectivity index (χ2n) is 7.28. The van der Waals surface area contributed by atoms with Gasteiger partial charge in [0.2, 0.25) is 0 Å². The van der Waals surface area contributed by atoms with Gasteiger partial charge in [0.15, 0.2) is 5.96 Å². The molecule has 0 aromatic heterocycles. The Morgan fingerprint density at radius 1 is 1.16 bits per heavy atom. The zero-order valence-electron chi connectivity index (χ0n) is 18.7. The molecule has 8 heteroatoms. The molecular formula is C24H33IN4O3. The van der Waals surface area contributed by atoms with E-state index in [1.165, 1.54) is 0 Å². The molecule has 0 spiro atoms. The molecular weight excluding hydrogens is 519 g/mol. The van der Waals surface area contributed by atoms with E-state index in [4.69, 9.17) is 9.47 Å². The highest BCUT2D eigenvalue weighted by molar-refractivity contribution is 14.0. The molecule has 1 aliphatic heterocycles. The summed E-state index contributed by atoms with van der Waals surface area (Å²) in [7, 11) is 0. The topological polar surface area (TPSA) is 84.0 Å². The standard InChI is InChI=1S/C24H32N4O3.HI/c1-3-25-24(27-17-19-10-5-6-12-21(19)30-4-2)26-16-18-9-7-11-20(15-18)28-23(29)22-13-8-14-31-22;/h5-7,9-12,15,22H,3-4,8,13-14,16-17H2,1-2H3,(H,28,29)(H2,25,26,27);1H. The normalized spacial score (nSPS) is 15.6. The summed E-state index contributed by atoms with van der Waals surface area (Å²) in [6.45, 7) is 7.16. The van der Waals surface area contributed by atoms with Crippen molar-refractivity contribution in [1.82, 2.24) is 10.6 Å². The van der Waals surface area contributed by atoms with Crippen molar-refractivity contribution in [3.05, 3.63) is 59.7 Å². The number of carbonyl (C=O) groups is 1. The van der Waals surface area contributed by atoms with Crippen molar-refractivity contribution in [2.45, 2.75) is 45.9 Å². The number of nitrogens with zero attached hydrogens (tertiary/aromatic N) is 1. The molecule has 1 atom stereocenters. The zero-order chi connectivity index (χ0) is 21.9. The Morgan fingerprint density at radius 2 is 2.00 bits per heavy atom. The minimum atomic E-state index is -0.342. The van der Waals surface area contributed by atoms with Gasteiger partial charge in [0.1, 0.15) is 11.9 Å². The Morgan fingerprint density at radius 3 is 2.75 bits per heavy atom. The predicted octanol–water partition coefficient (Wildman–Crippen LogP) is 4.08. The first-order valence-corrected chi connectivity index (χ1v) is 10.9. The number of guanidine groups is 1. The van der Waals surface area contributed by atoms with E-state index in [0.717, 1.165) is 47.9 Å². The van der Waals surface area contributed by atoms with E-state index in [0.29, 0.717) is 26.3 Å². The van der Waals surface area contributed by atoms with Crippen LogP contribution in [0.3, 0.4) is 0 Å². The molecule has 32 heavy (non-hydrogen) atoms. The summed E-state index contributed by atoms with van der Waals surface area (Å²) in [6, 6.07) is 15.7. The third kappa shape index (κ3) is 7.98. The van der Waals surface area contributed by atoms with Crippen molar-refractivity contribution in [2.24, 2.45) is 4.99 Å². The molecule has 0 aliphatic carbocycles. The second-order valence-corrected chi connectivity index (χ2v) is 7.28. The summed E-state index contributed by atoms with van der Waals surface area (Å²) in [6.07, 6.45) is 1.37. The van der Waals surface area contributed by atoms with Crippen LogP contribution in [0.2, 0.25) is 0 Å². The molecule has 7 nitrogen and oxygen atoms in total. The van der Waals surface area contributed by atoms with Gasteiger partial charge in [-0.3, -0.25) is 4.79 Å². The van der Waals surface area contributed by atoms with E-state index in [-0.39, 0.29) is 36.0 Å². The molecule has 1 fully saturated rings. The summed E-state index contributed by atoms with van der Waals surface area (Å²) in [4.78, 5) is 17.0. The van der Waals surface area contributed by atoms with Crippen molar-refractivity contribution in [3.63, 3.8) is 0 Å². The van der Waals surface area contributed by atoms with E-state index in [1.807, 2.05) is 62.4 Å². The Hall–Kier alpha value is -2.33. The Balaban J connectivity index is 0.00000363. The van der Waals surface area contributed by atoms with Crippen LogP contribution in [0.25, 0.3) is 0 Å². The highest BCUT2D eigenvalue weighted by Crippen LogP contribution is 2.18. The van der Waals surface area contributed by atoms with E-state index in [2.05, 4.69) is 20.9 Å². The summed E-state index contributed by atoms with van der Waals surface area (Å²) >= 11 is 0. The number of anilines is 1. The third-order valence-corrected chi connectivity index (χ3v) is 4.90. The Labute approximate surface area is 207 Å². The van der Waals surface area contributed by atoms with Crippen LogP contribution >= 0.6 is 24.0 Å². The van der Waals surface area contributed by atoms with E-state index in [9.17, 15) is 4.79 Å². The van der Waals surface area contributed by atoms with Crippen LogP contribution < -0.4 is 20.7 Å². The first-order valence-electron chi connectivity index (χ1n) is 10.9. The van der Waals surface area contributed by atoms with Gasteiger partial charge in [-0.15, -0.1) is 24.0 Å². The molecule has 3 rings (SSSR count). The lowest BCUT2D eigenvalue weighted by Crippen LogP contribution is -2.36. The second kappa shape index (κ2) is 13.9. The van der Waals surface area contributed by atoms with E-state index in [1.54, 1.807) is 0 Å². The van der Waals surface area contributed by atoms with Crippen molar-refractivity contribution in [3.8, 4) is 5.75 Å². The summed E-state index contributed by atoms with van der Waals surface area (Å²) in [5.74, 6) is 1.52. The molecule has 2 aromatic rings. The van der Waals surface area contributed by atoms with Gasteiger partial charge in [0.05, 0.1) is 13.2 Å². The Bertz CT molecular complexity index is 885. The molecule has 1 heterocycles. The van der Waals surface area contributed by atoms with Crippen LogP contribution in [0.1, 0.15) is 37.8 Å².